The maximum absolute atomic E-state index is 5.46. The third kappa shape index (κ3) is 4.32. The van der Waals surface area contributed by atoms with Gasteiger partial charge in [0.15, 0.2) is 0 Å². The Kier molecular flexibility index (Phi) is 5.15. The largest absolute Gasteiger partial charge is 0.385 e. The Bertz CT molecular complexity index is 284. The van der Waals surface area contributed by atoms with E-state index in [4.69, 9.17) is 5.73 Å². The lowest BCUT2D eigenvalue weighted by atomic mass is 10.1. The first-order chi connectivity index (χ1) is 7.24. The summed E-state index contributed by atoms with van der Waals surface area (Å²) in [7, 11) is 4.16. The van der Waals surface area contributed by atoms with Crippen molar-refractivity contribution in [3.05, 3.63) is 29.8 Å². The fourth-order valence-electron chi connectivity index (χ4n) is 1.50. The van der Waals surface area contributed by atoms with Gasteiger partial charge >= 0.3 is 0 Å². The average molecular weight is 207 g/mol. The summed E-state index contributed by atoms with van der Waals surface area (Å²) < 4.78 is 0. The number of nitrogens with two attached hydrogens (primary N) is 1. The molecule has 0 heterocycles. The van der Waals surface area contributed by atoms with Crippen LogP contribution in [0.1, 0.15) is 12.0 Å². The summed E-state index contributed by atoms with van der Waals surface area (Å²) in [5.41, 5.74) is 8.02. The standard InChI is InChI=1S/C12H21N3/c1-15(2)10-11-6-3-4-7-12(11)14-9-5-8-13/h3-4,6-7,14H,5,8-10,13H2,1-2H3. The first-order valence-electron chi connectivity index (χ1n) is 5.40. The highest BCUT2D eigenvalue weighted by Gasteiger charge is 2.01. The van der Waals surface area contributed by atoms with Crippen LogP contribution < -0.4 is 11.1 Å². The normalized spacial score (nSPS) is 10.7. The molecule has 0 saturated heterocycles. The molecular weight excluding hydrogens is 186 g/mol. The van der Waals surface area contributed by atoms with Gasteiger partial charge in [0.1, 0.15) is 0 Å². The zero-order valence-electron chi connectivity index (χ0n) is 9.66. The number of nitrogens with zero attached hydrogens (tertiary/aromatic N) is 1. The summed E-state index contributed by atoms with van der Waals surface area (Å²) in [6.45, 7) is 2.65. The molecule has 15 heavy (non-hydrogen) atoms. The lowest BCUT2D eigenvalue weighted by Crippen LogP contribution is -2.14. The van der Waals surface area contributed by atoms with Crippen molar-refractivity contribution in [1.29, 1.82) is 0 Å². The number of rotatable bonds is 6. The number of anilines is 1. The van der Waals surface area contributed by atoms with Gasteiger partial charge in [0.25, 0.3) is 0 Å². The second kappa shape index (κ2) is 6.43. The molecule has 0 spiro atoms. The van der Waals surface area contributed by atoms with Crippen molar-refractivity contribution in [2.75, 3.05) is 32.5 Å². The molecule has 1 aromatic rings. The van der Waals surface area contributed by atoms with E-state index in [1.807, 2.05) is 0 Å². The van der Waals surface area contributed by atoms with Gasteiger partial charge in [0, 0.05) is 18.8 Å². The van der Waals surface area contributed by atoms with Crippen LogP contribution in [0.15, 0.2) is 24.3 Å². The smallest absolute Gasteiger partial charge is 0.0385 e. The monoisotopic (exact) mass is 207 g/mol. The molecule has 3 nitrogen and oxygen atoms in total. The van der Waals surface area contributed by atoms with Crippen molar-refractivity contribution in [3.8, 4) is 0 Å². The van der Waals surface area contributed by atoms with Crippen LogP contribution in [0.2, 0.25) is 0 Å². The molecule has 0 radical (unpaired) electrons. The van der Waals surface area contributed by atoms with Crippen LogP contribution in [0.3, 0.4) is 0 Å². The van der Waals surface area contributed by atoms with Crippen molar-refractivity contribution in [2.45, 2.75) is 13.0 Å². The summed E-state index contributed by atoms with van der Waals surface area (Å²) in [5, 5.41) is 3.41. The molecule has 0 atom stereocenters. The SMILES string of the molecule is CN(C)Cc1ccccc1NCCCN. The Morgan fingerprint density at radius 2 is 2.00 bits per heavy atom. The number of nitrogens with one attached hydrogen (secondary N) is 1. The molecule has 0 aromatic heterocycles. The highest BCUT2D eigenvalue weighted by molar-refractivity contribution is 5.50. The van der Waals surface area contributed by atoms with Crippen molar-refractivity contribution in [1.82, 2.24) is 4.90 Å². The third-order valence-corrected chi connectivity index (χ3v) is 2.20. The van der Waals surface area contributed by atoms with Gasteiger partial charge < -0.3 is 16.0 Å². The Hall–Kier alpha value is -1.06. The van der Waals surface area contributed by atoms with E-state index >= 15 is 0 Å². The zero-order chi connectivity index (χ0) is 11.1. The molecule has 0 unspecified atom stereocenters. The molecule has 0 fully saturated rings. The quantitative estimate of drug-likeness (QED) is 0.695. The van der Waals surface area contributed by atoms with Gasteiger partial charge in [0.2, 0.25) is 0 Å². The lowest BCUT2D eigenvalue weighted by molar-refractivity contribution is 0.403. The van der Waals surface area contributed by atoms with Crippen LogP contribution in [-0.2, 0) is 6.54 Å². The third-order valence-electron chi connectivity index (χ3n) is 2.20. The maximum atomic E-state index is 5.46. The fourth-order valence-corrected chi connectivity index (χ4v) is 1.50. The minimum absolute atomic E-state index is 0.739. The highest BCUT2D eigenvalue weighted by Crippen LogP contribution is 2.15. The molecule has 84 valence electrons. The Morgan fingerprint density at radius 1 is 1.27 bits per heavy atom. The average Bonchev–Trinajstić information content (AvgIpc) is 2.20. The van der Waals surface area contributed by atoms with Crippen molar-refractivity contribution >= 4 is 5.69 Å². The van der Waals surface area contributed by atoms with E-state index < -0.39 is 0 Å². The minimum Gasteiger partial charge on any atom is -0.385 e. The minimum atomic E-state index is 0.739. The lowest BCUT2D eigenvalue weighted by Gasteiger charge is -2.15. The van der Waals surface area contributed by atoms with E-state index in [0.29, 0.717) is 0 Å². The van der Waals surface area contributed by atoms with Crippen LogP contribution in [0.25, 0.3) is 0 Å². The molecule has 3 heteroatoms. The van der Waals surface area contributed by atoms with Crippen molar-refractivity contribution in [2.24, 2.45) is 5.73 Å². The van der Waals surface area contributed by atoms with Gasteiger partial charge in [-0.15, -0.1) is 0 Å². The molecule has 0 amide bonds. The summed E-state index contributed by atoms with van der Waals surface area (Å²) >= 11 is 0. The van der Waals surface area contributed by atoms with Gasteiger partial charge in [-0.3, -0.25) is 0 Å². The van der Waals surface area contributed by atoms with Crippen LogP contribution in [0, 0.1) is 0 Å². The Balaban J connectivity index is 2.60. The second-order valence-electron chi connectivity index (χ2n) is 3.96. The zero-order valence-corrected chi connectivity index (χ0v) is 9.66. The van der Waals surface area contributed by atoms with Gasteiger partial charge in [-0.25, -0.2) is 0 Å². The molecule has 3 N–H and O–H groups in total. The second-order valence-corrected chi connectivity index (χ2v) is 3.96. The summed E-state index contributed by atoms with van der Waals surface area (Å²) in [4.78, 5) is 2.17. The molecule has 0 bridgehead atoms. The molecule has 1 rings (SSSR count). The molecule has 1 aromatic carbocycles. The van der Waals surface area contributed by atoms with E-state index in [1.54, 1.807) is 0 Å². The van der Waals surface area contributed by atoms with Gasteiger partial charge in [-0.2, -0.15) is 0 Å². The van der Waals surface area contributed by atoms with Crippen LogP contribution in [-0.4, -0.2) is 32.1 Å². The highest BCUT2D eigenvalue weighted by atomic mass is 15.1. The summed E-state index contributed by atoms with van der Waals surface area (Å²) in [6, 6.07) is 8.41. The van der Waals surface area contributed by atoms with Gasteiger partial charge in [-0.05, 0) is 38.7 Å². The van der Waals surface area contributed by atoms with Crippen LogP contribution in [0.4, 0.5) is 5.69 Å². The molecular formula is C12H21N3. The Labute approximate surface area is 92.3 Å². The number of hydrogen-bond donors (Lipinski definition) is 2. The van der Waals surface area contributed by atoms with Gasteiger partial charge in [-0.1, -0.05) is 18.2 Å². The van der Waals surface area contributed by atoms with E-state index in [1.165, 1.54) is 11.3 Å². The molecule has 0 saturated carbocycles. The van der Waals surface area contributed by atoms with E-state index in [9.17, 15) is 0 Å². The predicted molar refractivity (Wildman–Crippen MR) is 66.0 cm³/mol. The van der Waals surface area contributed by atoms with Crippen LogP contribution >= 0.6 is 0 Å². The topological polar surface area (TPSA) is 41.3 Å². The fraction of sp³-hybridized carbons (Fsp3) is 0.500. The number of benzene rings is 1. The van der Waals surface area contributed by atoms with E-state index in [0.717, 1.165) is 26.1 Å². The number of para-hydroxylation sites is 1. The van der Waals surface area contributed by atoms with Crippen molar-refractivity contribution in [3.63, 3.8) is 0 Å². The van der Waals surface area contributed by atoms with Crippen LogP contribution in [0.5, 0.6) is 0 Å². The van der Waals surface area contributed by atoms with Gasteiger partial charge in [0.05, 0.1) is 0 Å². The van der Waals surface area contributed by atoms with E-state index in [-0.39, 0.29) is 0 Å². The molecule has 0 aliphatic rings. The van der Waals surface area contributed by atoms with E-state index in [2.05, 4.69) is 48.6 Å². The first kappa shape index (κ1) is 12.0. The molecule has 0 aliphatic heterocycles. The Morgan fingerprint density at radius 3 is 2.67 bits per heavy atom. The maximum Gasteiger partial charge on any atom is 0.0385 e. The number of hydrogen-bond acceptors (Lipinski definition) is 3. The molecule has 0 aliphatic carbocycles. The summed E-state index contributed by atoms with van der Waals surface area (Å²) in [6.07, 6.45) is 1.01. The first-order valence-corrected chi connectivity index (χ1v) is 5.40. The predicted octanol–water partition coefficient (Wildman–Crippen LogP) is 1.51. The van der Waals surface area contributed by atoms with Crippen molar-refractivity contribution < 1.29 is 0 Å². The summed E-state index contributed by atoms with van der Waals surface area (Å²) in [5.74, 6) is 0.